The Morgan fingerprint density at radius 2 is 1.65 bits per heavy atom. The molecule has 0 radical (unpaired) electrons. The van der Waals surface area contributed by atoms with E-state index in [1.165, 1.54) is 6.92 Å². The first-order valence-electron chi connectivity index (χ1n) is 4.31. The van der Waals surface area contributed by atoms with Crippen LogP contribution in [0.5, 0.6) is 0 Å². The molecule has 0 rings (SSSR count). The lowest BCUT2D eigenvalue weighted by Crippen LogP contribution is -2.01. The van der Waals surface area contributed by atoms with E-state index in [-0.39, 0.29) is 18.1 Å². The Kier molecular flexibility index (Phi) is 11.0. The van der Waals surface area contributed by atoms with E-state index < -0.39 is 17.1 Å². The average molecular weight is 263 g/mol. The van der Waals surface area contributed by atoms with Gasteiger partial charge < -0.3 is 15.9 Å². The average Bonchev–Trinajstić information content (AvgIpc) is 2.13. The third-order valence-electron chi connectivity index (χ3n) is 0.922. The van der Waals surface area contributed by atoms with Crippen LogP contribution in [0.3, 0.4) is 0 Å². The fourth-order valence-electron chi connectivity index (χ4n) is 0.426. The molecule has 0 aliphatic carbocycles. The molecule has 0 bridgehead atoms. The van der Waals surface area contributed by atoms with Gasteiger partial charge in [0.05, 0.1) is 6.42 Å². The Morgan fingerprint density at radius 1 is 1.18 bits per heavy atom. The maximum Gasteiger partial charge on any atom is 0.328 e. The second kappa shape index (κ2) is 10.7. The molecule has 4 N–H and O–H groups in total. The number of rotatable bonds is 5. The van der Waals surface area contributed by atoms with Crippen molar-refractivity contribution in [3.8, 4) is 0 Å². The van der Waals surface area contributed by atoms with E-state index in [1.54, 1.807) is 0 Å². The minimum Gasteiger partial charge on any atom is -0.481 e. The van der Waals surface area contributed by atoms with Gasteiger partial charge in [-0.3, -0.25) is 14.4 Å². The highest BCUT2D eigenvalue weighted by Crippen LogP contribution is 2.04. The van der Waals surface area contributed by atoms with E-state index >= 15 is 0 Å². The molecule has 0 aromatic carbocycles. The summed E-state index contributed by atoms with van der Waals surface area (Å²) < 4.78 is 0. The second-order valence-electron chi connectivity index (χ2n) is 2.59. The van der Waals surface area contributed by atoms with Gasteiger partial charge in [0.1, 0.15) is 0 Å². The number of aliphatic carboxylic acids is 2. The molecule has 0 saturated heterocycles. The van der Waals surface area contributed by atoms with E-state index in [1.807, 2.05) is 0 Å². The summed E-state index contributed by atoms with van der Waals surface area (Å²) in [5.74, 6) is -2.37. The highest BCUT2D eigenvalue weighted by Gasteiger charge is 2.01. The summed E-state index contributed by atoms with van der Waals surface area (Å²) in [5, 5.41) is 15.9. The third-order valence-corrected chi connectivity index (χ3v) is 1.75. The van der Waals surface area contributed by atoms with Crippen molar-refractivity contribution in [3.63, 3.8) is 0 Å². The number of carbonyl (C=O) groups excluding carboxylic acids is 2. The molecule has 0 fully saturated rings. The Labute approximate surface area is 102 Å². The first kappa shape index (κ1) is 17.6. The molecule has 0 spiro atoms. The number of carboxylic acids is 2. The van der Waals surface area contributed by atoms with Crippen LogP contribution in [0.15, 0.2) is 12.2 Å². The van der Waals surface area contributed by atoms with Crippen LogP contribution >= 0.6 is 11.8 Å². The van der Waals surface area contributed by atoms with Gasteiger partial charge >= 0.3 is 11.9 Å². The Balaban J connectivity index is 0. The monoisotopic (exact) mass is 263 g/mol. The lowest BCUT2D eigenvalue weighted by Gasteiger charge is -1.91. The highest BCUT2D eigenvalue weighted by molar-refractivity contribution is 8.14. The summed E-state index contributed by atoms with van der Waals surface area (Å²) in [5.41, 5.74) is 4.47. The minimum absolute atomic E-state index is 0.114. The van der Waals surface area contributed by atoms with Crippen LogP contribution in [0.2, 0.25) is 0 Å². The van der Waals surface area contributed by atoms with E-state index in [4.69, 9.17) is 10.2 Å². The minimum atomic E-state index is -1.20. The molecule has 1 amide bonds. The predicted octanol–water partition coefficient (Wildman–Crippen LogP) is -0.147. The number of carbonyl (C=O) groups is 4. The van der Waals surface area contributed by atoms with Crippen molar-refractivity contribution < 1.29 is 29.4 Å². The van der Waals surface area contributed by atoms with Gasteiger partial charge in [-0.1, -0.05) is 11.8 Å². The summed E-state index contributed by atoms with van der Waals surface area (Å²) in [6, 6.07) is 0. The van der Waals surface area contributed by atoms with Gasteiger partial charge in [0.15, 0.2) is 0 Å². The molecule has 0 aliphatic heterocycles. The van der Waals surface area contributed by atoms with Crippen LogP contribution in [-0.2, 0) is 19.2 Å². The molecule has 0 aromatic rings. The van der Waals surface area contributed by atoms with Crippen molar-refractivity contribution >= 4 is 34.7 Å². The second-order valence-corrected chi connectivity index (χ2v) is 3.69. The zero-order valence-electron chi connectivity index (χ0n) is 9.08. The summed E-state index contributed by atoms with van der Waals surface area (Å²) in [7, 11) is 0. The topological polar surface area (TPSA) is 135 Å². The summed E-state index contributed by atoms with van der Waals surface area (Å²) in [4.78, 5) is 39.9. The van der Waals surface area contributed by atoms with Crippen molar-refractivity contribution in [1.82, 2.24) is 0 Å². The predicted molar refractivity (Wildman–Crippen MR) is 61.4 cm³/mol. The van der Waals surface area contributed by atoms with Gasteiger partial charge in [0.2, 0.25) is 11.0 Å². The number of hydrogen-bond donors (Lipinski definition) is 3. The van der Waals surface area contributed by atoms with Gasteiger partial charge in [0, 0.05) is 18.8 Å². The van der Waals surface area contributed by atoms with Crippen LogP contribution < -0.4 is 5.73 Å². The van der Waals surface area contributed by atoms with Crippen LogP contribution in [0.4, 0.5) is 0 Å². The number of primary amides is 1. The summed E-state index contributed by atoms with van der Waals surface area (Å²) in [6.07, 6.45) is 1.50. The number of thioether (sulfide) groups is 1. The molecule has 0 aromatic heterocycles. The van der Waals surface area contributed by atoms with E-state index in [2.05, 4.69) is 5.73 Å². The molecule has 0 saturated carbocycles. The molecule has 17 heavy (non-hydrogen) atoms. The van der Waals surface area contributed by atoms with Crippen molar-refractivity contribution in [2.45, 2.75) is 13.3 Å². The van der Waals surface area contributed by atoms with Gasteiger partial charge in [-0.25, -0.2) is 4.79 Å². The number of hydrogen-bond acceptors (Lipinski definition) is 5. The SMILES string of the molecule is CC(N)=O.O=C(O)/C=C/C(=O)SCCC(=O)O. The van der Waals surface area contributed by atoms with Crippen LogP contribution in [0.1, 0.15) is 13.3 Å². The summed E-state index contributed by atoms with van der Waals surface area (Å²) in [6.45, 7) is 1.31. The van der Waals surface area contributed by atoms with E-state index in [0.29, 0.717) is 0 Å². The molecule has 7 nitrogen and oxygen atoms in total. The molecule has 0 aliphatic rings. The van der Waals surface area contributed by atoms with Crippen LogP contribution in [0.25, 0.3) is 0 Å². The van der Waals surface area contributed by atoms with Crippen molar-refractivity contribution in [1.29, 1.82) is 0 Å². The first-order valence-corrected chi connectivity index (χ1v) is 5.30. The highest BCUT2D eigenvalue weighted by atomic mass is 32.2. The maximum absolute atomic E-state index is 10.7. The maximum atomic E-state index is 10.7. The number of carboxylic acid groups (broad SMARTS) is 2. The standard InChI is InChI=1S/C7H8O5S.C2H5NO/c8-5(9)1-2-7(12)13-4-3-6(10)11;1-2(3)4/h1-2H,3-4H2,(H,8,9)(H,10,11);1H3,(H2,3,4)/b2-1+;. The van der Waals surface area contributed by atoms with Gasteiger partial charge in [-0.05, 0) is 6.08 Å². The Bertz CT molecular complexity index is 321. The zero-order chi connectivity index (χ0) is 13.8. The van der Waals surface area contributed by atoms with Gasteiger partial charge in [0.25, 0.3) is 0 Å². The molecule has 8 heteroatoms. The number of nitrogens with two attached hydrogens (primary N) is 1. The molecule has 0 heterocycles. The van der Waals surface area contributed by atoms with Crippen LogP contribution in [0, 0.1) is 0 Å². The fraction of sp³-hybridized carbons (Fsp3) is 0.333. The molecular weight excluding hydrogens is 250 g/mol. The van der Waals surface area contributed by atoms with Gasteiger partial charge in [-0.15, -0.1) is 0 Å². The lowest BCUT2D eigenvalue weighted by molar-refractivity contribution is -0.136. The Hall–Kier alpha value is -1.83. The van der Waals surface area contributed by atoms with Crippen molar-refractivity contribution in [2.24, 2.45) is 5.73 Å². The van der Waals surface area contributed by atoms with Crippen LogP contribution in [-0.4, -0.2) is 38.9 Å². The Morgan fingerprint density at radius 3 is 2.00 bits per heavy atom. The first-order chi connectivity index (χ1) is 7.75. The third kappa shape index (κ3) is 25.0. The van der Waals surface area contributed by atoms with Crippen molar-refractivity contribution in [3.05, 3.63) is 12.2 Å². The molecule has 0 unspecified atom stereocenters. The molecule has 0 atom stereocenters. The zero-order valence-corrected chi connectivity index (χ0v) is 9.90. The smallest absolute Gasteiger partial charge is 0.328 e. The summed E-state index contributed by atoms with van der Waals surface area (Å²) >= 11 is 0.777. The molecular formula is C9H13NO6S. The largest absolute Gasteiger partial charge is 0.481 e. The molecule has 96 valence electrons. The fourth-order valence-corrected chi connectivity index (χ4v) is 1.07. The van der Waals surface area contributed by atoms with Crippen molar-refractivity contribution in [2.75, 3.05) is 5.75 Å². The van der Waals surface area contributed by atoms with Gasteiger partial charge in [-0.2, -0.15) is 0 Å². The van der Waals surface area contributed by atoms with E-state index in [9.17, 15) is 19.2 Å². The lowest BCUT2D eigenvalue weighted by atomic mass is 10.5. The van der Waals surface area contributed by atoms with E-state index in [0.717, 1.165) is 23.9 Å². The normalized spacial score (nSPS) is 9.24. The number of amides is 1. The quantitative estimate of drug-likeness (QED) is 0.587.